The van der Waals surface area contributed by atoms with E-state index in [-0.39, 0.29) is 23.9 Å². The summed E-state index contributed by atoms with van der Waals surface area (Å²) in [5.74, 6) is 0.432. The molecular weight excluding hydrogens is 316 g/mol. The Bertz CT molecular complexity index is 686. The van der Waals surface area contributed by atoms with Crippen molar-refractivity contribution in [1.29, 1.82) is 0 Å². The van der Waals surface area contributed by atoms with Crippen LogP contribution in [0.15, 0.2) is 30.0 Å². The summed E-state index contributed by atoms with van der Waals surface area (Å²) in [6.07, 6.45) is 2.17. The predicted molar refractivity (Wildman–Crippen MR) is 89.6 cm³/mol. The zero-order valence-corrected chi connectivity index (χ0v) is 13.9. The molecule has 2 aromatic heterocycles. The van der Waals surface area contributed by atoms with E-state index in [9.17, 15) is 9.66 Å². The van der Waals surface area contributed by atoms with E-state index in [1.54, 1.807) is 6.08 Å². The second-order valence-electron chi connectivity index (χ2n) is 5.26. The fourth-order valence-corrected chi connectivity index (χ4v) is 2.53. The largest absolute Gasteiger partial charge is 0.546 e. The minimum Gasteiger partial charge on any atom is -0.546 e. The van der Waals surface area contributed by atoms with E-state index in [1.165, 1.54) is 0 Å². The number of rotatable bonds is 7. The molecular formula is C14H20N6O2S. The Labute approximate surface area is 137 Å². The molecule has 0 radical (unpaired) electrons. The SMILES string of the molecule is CN(C)Cc1cccc(C/C=C(\O)CNc2n[s+]([O-])nc2N)n1. The van der Waals surface area contributed by atoms with Gasteiger partial charge < -0.3 is 25.6 Å². The summed E-state index contributed by atoms with van der Waals surface area (Å²) in [6.45, 7) is 0.893. The molecule has 1 unspecified atom stereocenters. The van der Waals surface area contributed by atoms with Crippen LogP contribution in [-0.4, -0.2) is 48.9 Å². The third-order valence-corrected chi connectivity index (χ3v) is 3.61. The normalized spacial score (nSPS) is 12.7. The van der Waals surface area contributed by atoms with E-state index in [0.717, 1.165) is 17.9 Å². The number of pyridine rings is 1. The third-order valence-electron chi connectivity index (χ3n) is 2.91. The van der Waals surface area contributed by atoms with Crippen LogP contribution < -0.4 is 11.1 Å². The highest BCUT2D eigenvalue weighted by molar-refractivity contribution is 7.14. The van der Waals surface area contributed by atoms with E-state index in [4.69, 9.17) is 5.73 Å². The molecule has 124 valence electrons. The fraction of sp³-hybridized carbons (Fsp3) is 0.357. The topological polar surface area (TPSA) is 123 Å². The molecule has 0 saturated heterocycles. The van der Waals surface area contributed by atoms with Crippen LogP contribution in [0.5, 0.6) is 0 Å². The first-order valence-corrected chi connectivity index (χ1v) is 8.07. The number of nitrogens with one attached hydrogen (secondary N) is 1. The maximum atomic E-state index is 11.1. The van der Waals surface area contributed by atoms with Crippen molar-refractivity contribution in [3.8, 4) is 0 Å². The number of aliphatic hydroxyl groups excluding tert-OH is 1. The number of aromatic nitrogens is 3. The van der Waals surface area contributed by atoms with Crippen molar-refractivity contribution in [2.45, 2.75) is 13.0 Å². The molecule has 23 heavy (non-hydrogen) atoms. The number of allylic oxidation sites excluding steroid dienone is 1. The van der Waals surface area contributed by atoms with Gasteiger partial charge in [0.1, 0.15) is 5.76 Å². The van der Waals surface area contributed by atoms with Crippen molar-refractivity contribution in [2.24, 2.45) is 0 Å². The Morgan fingerprint density at radius 2 is 2.13 bits per heavy atom. The van der Waals surface area contributed by atoms with Gasteiger partial charge in [-0.25, -0.2) is 0 Å². The Morgan fingerprint density at radius 3 is 2.78 bits per heavy atom. The lowest BCUT2D eigenvalue weighted by molar-refractivity contribution is 0.396. The van der Waals surface area contributed by atoms with Gasteiger partial charge in [-0.1, -0.05) is 6.07 Å². The van der Waals surface area contributed by atoms with Crippen molar-refractivity contribution in [3.63, 3.8) is 0 Å². The average Bonchev–Trinajstić information content (AvgIpc) is 2.80. The number of anilines is 2. The first-order chi connectivity index (χ1) is 10.9. The second-order valence-corrected chi connectivity index (χ2v) is 6.08. The fourth-order valence-electron chi connectivity index (χ4n) is 1.92. The van der Waals surface area contributed by atoms with Crippen LogP contribution in [0, 0.1) is 0 Å². The first kappa shape index (κ1) is 17.1. The first-order valence-electron chi connectivity index (χ1n) is 7.00. The van der Waals surface area contributed by atoms with Crippen molar-refractivity contribution in [3.05, 3.63) is 41.4 Å². The number of nitrogens with zero attached hydrogens (tertiary/aromatic N) is 4. The van der Waals surface area contributed by atoms with Crippen molar-refractivity contribution >= 4 is 22.8 Å². The molecule has 0 aliphatic carbocycles. The van der Waals surface area contributed by atoms with Gasteiger partial charge in [0.15, 0.2) is 11.1 Å². The van der Waals surface area contributed by atoms with Crippen molar-refractivity contribution in [2.75, 3.05) is 31.7 Å². The van der Waals surface area contributed by atoms with Crippen molar-refractivity contribution < 1.29 is 9.66 Å². The monoisotopic (exact) mass is 336 g/mol. The van der Waals surface area contributed by atoms with Crippen molar-refractivity contribution in [1.82, 2.24) is 18.6 Å². The van der Waals surface area contributed by atoms with Gasteiger partial charge in [0.2, 0.25) is 11.6 Å². The summed E-state index contributed by atoms with van der Waals surface area (Å²) in [4.78, 5) is 6.57. The van der Waals surface area contributed by atoms with E-state index < -0.39 is 11.1 Å². The molecule has 4 N–H and O–H groups in total. The minimum atomic E-state index is -1.67. The quantitative estimate of drug-likeness (QED) is 0.511. The average molecular weight is 336 g/mol. The number of hydrogen-bond acceptors (Lipinski definition) is 8. The van der Waals surface area contributed by atoms with Crippen LogP contribution in [-0.2, 0) is 13.0 Å². The minimum absolute atomic E-state index is 0.0780. The molecule has 0 aliphatic rings. The smallest absolute Gasteiger partial charge is 0.232 e. The molecule has 8 nitrogen and oxygen atoms in total. The number of hydrogen-bond donors (Lipinski definition) is 3. The molecule has 2 rings (SSSR count). The maximum Gasteiger partial charge on any atom is 0.232 e. The van der Waals surface area contributed by atoms with Gasteiger partial charge in [-0.15, -0.1) is 0 Å². The molecule has 0 aliphatic heterocycles. The van der Waals surface area contributed by atoms with E-state index in [0.29, 0.717) is 6.42 Å². The van der Waals surface area contributed by atoms with Gasteiger partial charge >= 0.3 is 0 Å². The van der Waals surface area contributed by atoms with Crippen LogP contribution in [0.1, 0.15) is 11.4 Å². The molecule has 0 amide bonds. The van der Waals surface area contributed by atoms with Gasteiger partial charge in [0.25, 0.3) is 0 Å². The summed E-state index contributed by atoms with van der Waals surface area (Å²) >= 11 is -1.67. The van der Waals surface area contributed by atoms with Gasteiger partial charge in [-0.2, -0.15) is 0 Å². The van der Waals surface area contributed by atoms with E-state index in [2.05, 4.69) is 19.0 Å². The Morgan fingerprint density at radius 1 is 1.39 bits per heavy atom. The predicted octanol–water partition coefficient (Wildman–Crippen LogP) is 1.34. The molecule has 2 heterocycles. The van der Waals surface area contributed by atoms with Crippen LogP contribution >= 0.6 is 11.1 Å². The van der Waals surface area contributed by atoms with Gasteiger partial charge in [0, 0.05) is 27.4 Å². The van der Waals surface area contributed by atoms with E-state index >= 15 is 0 Å². The Hall–Kier alpha value is -2.23. The summed E-state index contributed by atoms with van der Waals surface area (Å²) in [7, 11) is 3.97. The summed E-state index contributed by atoms with van der Waals surface area (Å²) in [5.41, 5.74) is 7.37. The lowest BCUT2D eigenvalue weighted by Gasteiger charge is -2.09. The van der Waals surface area contributed by atoms with Gasteiger partial charge in [-0.3, -0.25) is 4.98 Å². The zero-order chi connectivity index (χ0) is 16.8. The van der Waals surface area contributed by atoms with Crippen LogP contribution in [0.25, 0.3) is 0 Å². The lowest BCUT2D eigenvalue weighted by Crippen LogP contribution is -2.12. The highest BCUT2D eigenvalue weighted by atomic mass is 32.2. The summed E-state index contributed by atoms with van der Waals surface area (Å²) in [6, 6.07) is 5.82. The molecule has 0 fully saturated rings. The molecule has 1 atom stereocenters. The molecule has 9 heteroatoms. The third kappa shape index (κ3) is 5.47. The maximum absolute atomic E-state index is 11.1. The summed E-state index contributed by atoms with van der Waals surface area (Å²) in [5, 5.41) is 12.7. The molecule has 0 bridgehead atoms. The summed E-state index contributed by atoms with van der Waals surface area (Å²) < 4.78 is 18.3. The van der Waals surface area contributed by atoms with E-state index in [1.807, 2.05) is 37.2 Å². The molecule has 0 saturated carbocycles. The Kier molecular flexibility index (Phi) is 5.85. The lowest BCUT2D eigenvalue weighted by atomic mass is 10.2. The highest BCUT2D eigenvalue weighted by Crippen LogP contribution is 2.18. The molecule has 0 aromatic carbocycles. The number of nitrogens with two attached hydrogens (primary N) is 1. The van der Waals surface area contributed by atoms with Crippen LogP contribution in [0.2, 0.25) is 0 Å². The number of nitrogen functional groups attached to an aromatic ring is 1. The van der Waals surface area contributed by atoms with Gasteiger partial charge in [0.05, 0.1) is 12.2 Å². The second kappa shape index (κ2) is 7.86. The highest BCUT2D eigenvalue weighted by Gasteiger charge is 2.11. The Balaban J connectivity index is 1.90. The number of aliphatic hydroxyl groups is 1. The standard InChI is InChI=1S/C14H20N6O2S/c1-20(2)9-11-5-3-4-10(17-11)6-7-12(21)8-16-14-13(15)18-23(22)19-14/h3-5,7,21H,6,8-9H2,1-2H3,(H2,15,18)(H,16,19)/b12-7-. The zero-order valence-electron chi connectivity index (χ0n) is 13.1. The molecule has 0 spiro atoms. The molecule has 2 aromatic rings. The van der Waals surface area contributed by atoms with Crippen LogP contribution in [0.4, 0.5) is 11.6 Å². The van der Waals surface area contributed by atoms with Gasteiger partial charge in [-0.05, 0) is 32.3 Å². The van der Waals surface area contributed by atoms with Crippen LogP contribution in [0.3, 0.4) is 0 Å².